The number of aromatic nitrogens is 2. The third-order valence-electron chi connectivity index (χ3n) is 3.96. The van der Waals surface area contributed by atoms with Crippen molar-refractivity contribution in [3.8, 4) is 0 Å². The van der Waals surface area contributed by atoms with Gasteiger partial charge in [-0.15, -0.1) is 11.3 Å². The fourth-order valence-electron chi connectivity index (χ4n) is 2.50. The topological polar surface area (TPSA) is 50.1 Å². The van der Waals surface area contributed by atoms with Crippen LogP contribution in [-0.2, 0) is 6.54 Å². The van der Waals surface area contributed by atoms with Crippen LogP contribution in [0.25, 0.3) is 10.1 Å². The van der Waals surface area contributed by atoms with Crippen molar-refractivity contribution in [2.24, 2.45) is 0 Å². The fraction of sp³-hybridized carbons (Fsp3) is 0.353. The van der Waals surface area contributed by atoms with Crippen molar-refractivity contribution in [3.05, 3.63) is 53.2 Å². The molecule has 3 aromatic rings. The maximum atomic E-state index is 10.2. The number of aliphatic hydroxyl groups excluding tert-OH is 1. The number of nitrogens with one attached hydrogen (secondary N) is 1. The van der Waals surface area contributed by atoms with Crippen LogP contribution < -0.4 is 5.32 Å². The normalized spacial score (nSPS) is 14.3. The highest BCUT2D eigenvalue weighted by atomic mass is 32.1. The van der Waals surface area contributed by atoms with Gasteiger partial charge in [0, 0.05) is 35.6 Å². The number of benzene rings is 1. The van der Waals surface area contributed by atoms with Crippen LogP contribution in [0.5, 0.6) is 0 Å². The molecule has 116 valence electrons. The summed E-state index contributed by atoms with van der Waals surface area (Å²) in [5.74, 6) is 0. The summed E-state index contributed by atoms with van der Waals surface area (Å²) in [5, 5.41) is 21.2. The Hall–Kier alpha value is -1.69. The number of rotatable bonds is 6. The molecule has 0 aliphatic carbocycles. The molecule has 2 unspecified atom stereocenters. The molecule has 0 fully saturated rings. The first-order valence-electron chi connectivity index (χ1n) is 7.58. The van der Waals surface area contributed by atoms with Crippen LogP contribution in [0.1, 0.15) is 37.1 Å². The van der Waals surface area contributed by atoms with Crippen molar-refractivity contribution in [1.82, 2.24) is 15.1 Å². The number of nitrogens with zero attached hydrogens (tertiary/aromatic N) is 2. The van der Waals surface area contributed by atoms with Crippen molar-refractivity contribution in [1.29, 1.82) is 0 Å². The maximum Gasteiger partial charge on any atom is 0.0944 e. The minimum Gasteiger partial charge on any atom is -0.387 e. The Labute approximate surface area is 134 Å². The second-order valence-corrected chi connectivity index (χ2v) is 6.44. The average molecular weight is 315 g/mol. The van der Waals surface area contributed by atoms with E-state index in [1.54, 1.807) is 17.5 Å². The molecule has 0 aliphatic heterocycles. The lowest BCUT2D eigenvalue weighted by molar-refractivity contribution is 0.170. The van der Waals surface area contributed by atoms with Gasteiger partial charge in [-0.3, -0.25) is 4.68 Å². The molecule has 0 spiro atoms. The molecule has 2 heterocycles. The van der Waals surface area contributed by atoms with Gasteiger partial charge in [-0.2, -0.15) is 5.10 Å². The predicted octanol–water partition coefficient (Wildman–Crippen LogP) is 3.50. The van der Waals surface area contributed by atoms with E-state index in [0.717, 1.165) is 12.1 Å². The van der Waals surface area contributed by atoms with E-state index in [2.05, 4.69) is 47.0 Å². The molecule has 2 N–H and O–H groups in total. The van der Waals surface area contributed by atoms with E-state index < -0.39 is 6.10 Å². The Morgan fingerprint density at radius 1 is 1.32 bits per heavy atom. The smallest absolute Gasteiger partial charge is 0.0944 e. The molecule has 1 aromatic carbocycles. The average Bonchev–Trinajstić information content (AvgIpc) is 3.19. The Bertz CT molecular complexity index is 749. The van der Waals surface area contributed by atoms with E-state index in [4.69, 9.17) is 0 Å². The molecule has 0 saturated carbocycles. The lowest BCUT2D eigenvalue weighted by atomic mass is 10.1. The summed E-state index contributed by atoms with van der Waals surface area (Å²) in [6, 6.07) is 8.86. The van der Waals surface area contributed by atoms with Crippen molar-refractivity contribution in [3.63, 3.8) is 0 Å². The molecule has 4 nitrogen and oxygen atoms in total. The van der Waals surface area contributed by atoms with Crippen LogP contribution in [0.4, 0.5) is 0 Å². The highest BCUT2D eigenvalue weighted by Gasteiger charge is 2.12. The molecule has 0 saturated heterocycles. The van der Waals surface area contributed by atoms with Gasteiger partial charge in [0.2, 0.25) is 0 Å². The van der Waals surface area contributed by atoms with Crippen molar-refractivity contribution < 1.29 is 5.11 Å². The first-order chi connectivity index (χ1) is 10.7. The zero-order valence-corrected chi connectivity index (χ0v) is 13.7. The van der Waals surface area contributed by atoms with Crippen LogP contribution in [-0.4, -0.2) is 21.4 Å². The quantitative estimate of drug-likeness (QED) is 0.732. The van der Waals surface area contributed by atoms with Crippen molar-refractivity contribution in [2.45, 2.75) is 32.5 Å². The summed E-state index contributed by atoms with van der Waals surface area (Å²) in [6.45, 7) is 5.48. The number of thiophene rings is 1. The van der Waals surface area contributed by atoms with Gasteiger partial charge in [0.15, 0.2) is 0 Å². The van der Waals surface area contributed by atoms with E-state index in [0.29, 0.717) is 6.54 Å². The van der Waals surface area contributed by atoms with Crippen LogP contribution in [0, 0.1) is 0 Å². The number of aryl methyl sites for hydroxylation is 1. The van der Waals surface area contributed by atoms with Gasteiger partial charge in [-0.05, 0) is 48.4 Å². The molecule has 22 heavy (non-hydrogen) atoms. The molecular formula is C17H21N3OS. The fourth-order valence-corrected chi connectivity index (χ4v) is 3.27. The SMILES string of the molecule is CCn1cc(C(O)CNC(C)c2ccc3sccc3c2)cn1. The molecule has 0 radical (unpaired) electrons. The van der Waals surface area contributed by atoms with Crippen molar-refractivity contribution >= 4 is 21.4 Å². The van der Waals surface area contributed by atoms with Gasteiger partial charge in [-0.25, -0.2) is 0 Å². The van der Waals surface area contributed by atoms with E-state index in [9.17, 15) is 5.11 Å². The van der Waals surface area contributed by atoms with Gasteiger partial charge in [0.1, 0.15) is 0 Å². The summed E-state index contributed by atoms with van der Waals surface area (Å²) in [6.07, 6.45) is 3.10. The molecule has 3 rings (SSSR count). The number of fused-ring (bicyclic) bond motifs is 1. The minimum atomic E-state index is -0.535. The van der Waals surface area contributed by atoms with Crippen LogP contribution >= 0.6 is 11.3 Å². The van der Waals surface area contributed by atoms with Gasteiger partial charge in [0.05, 0.1) is 12.3 Å². The standard InChI is InChI=1S/C17H21N3OS/c1-3-20-11-15(9-19-20)16(21)10-18-12(2)13-4-5-17-14(8-13)6-7-22-17/h4-9,11-12,16,18,21H,3,10H2,1-2H3. The first-order valence-corrected chi connectivity index (χ1v) is 8.46. The van der Waals surface area contributed by atoms with E-state index in [1.807, 2.05) is 17.8 Å². The van der Waals surface area contributed by atoms with Gasteiger partial charge < -0.3 is 10.4 Å². The lowest BCUT2D eigenvalue weighted by Gasteiger charge is -2.17. The molecule has 2 atom stereocenters. The second-order valence-electron chi connectivity index (χ2n) is 5.49. The Kier molecular flexibility index (Phi) is 4.57. The number of hydrogen-bond acceptors (Lipinski definition) is 4. The van der Waals surface area contributed by atoms with E-state index in [1.165, 1.54) is 15.6 Å². The van der Waals surface area contributed by atoms with Gasteiger partial charge in [0.25, 0.3) is 0 Å². The first kappa shape index (κ1) is 15.2. The molecule has 0 aliphatic rings. The Morgan fingerprint density at radius 3 is 2.95 bits per heavy atom. The molecule has 0 amide bonds. The van der Waals surface area contributed by atoms with Crippen LogP contribution in [0.2, 0.25) is 0 Å². The predicted molar refractivity (Wildman–Crippen MR) is 91.1 cm³/mol. The minimum absolute atomic E-state index is 0.195. The highest BCUT2D eigenvalue weighted by Crippen LogP contribution is 2.24. The monoisotopic (exact) mass is 315 g/mol. The number of hydrogen-bond donors (Lipinski definition) is 2. The molecule has 2 aromatic heterocycles. The summed E-state index contributed by atoms with van der Waals surface area (Å²) in [4.78, 5) is 0. The molecular weight excluding hydrogens is 294 g/mol. The van der Waals surface area contributed by atoms with Gasteiger partial charge >= 0.3 is 0 Å². The summed E-state index contributed by atoms with van der Waals surface area (Å²) >= 11 is 1.76. The zero-order chi connectivity index (χ0) is 15.5. The third-order valence-corrected chi connectivity index (χ3v) is 4.85. The summed E-state index contributed by atoms with van der Waals surface area (Å²) in [7, 11) is 0. The summed E-state index contributed by atoms with van der Waals surface area (Å²) < 4.78 is 3.13. The maximum absolute atomic E-state index is 10.2. The zero-order valence-electron chi connectivity index (χ0n) is 12.9. The molecule has 0 bridgehead atoms. The Balaban J connectivity index is 1.62. The van der Waals surface area contributed by atoms with E-state index in [-0.39, 0.29) is 6.04 Å². The third kappa shape index (κ3) is 3.21. The number of aliphatic hydroxyl groups is 1. The Morgan fingerprint density at radius 2 is 2.18 bits per heavy atom. The van der Waals surface area contributed by atoms with E-state index >= 15 is 0 Å². The van der Waals surface area contributed by atoms with Crippen LogP contribution in [0.3, 0.4) is 0 Å². The van der Waals surface area contributed by atoms with Crippen LogP contribution in [0.15, 0.2) is 42.0 Å². The second kappa shape index (κ2) is 6.60. The van der Waals surface area contributed by atoms with Gasteiger partial charge in [-0.1, -0.05) is 6.07 Å². The molecule has 5 heteroatoms. The largest absolute Gasteiger partial charge is 0.387 e. The summed E-state index contributed by atoms with van der Waals surface area (Å²) in [5.41, 5.74) is 2.09. The van der Waals surface area contributed by atoms with Crippen molar-refractivity contribution in [2.75, 3.05) is 6.54 Å². The highest BCUT2D eigenvalue weighted by molar-refractivity contribution is 7.17. The lowest BCUT2D eigenvalue weighted by Crippen LogP contribution is -2.24.